The molecule has 2 fully saturated rings. The highest BCUT2D eigenvalue weighted by molar-refractivity contribution is 6.99. The summed E-state index contributed by atoms with van der Waals surface area (Å²) >= 11 is 0. The minimum atomic E-state index is -2.54. The van der Waals surface area contributed by atoms with Crippen LogP contribution in [0.2, 0.25) is 5.04 Å². The predicted molar refractivity (Wildman–Crippen MR) is 155 cm³/mol. The molecule has 3 N–H and O–H groups in total. The van der Waals surface area contributed by atoms with E-state index in [1.54, 1.807) is 0 Å². The maximum absolute atomic E-state index is 12.7. The van der Waals surface area contributed by atoms with Crippen molar-refractivity contribution in [2.45, 2.75) is 89.2 Å². The van der Waals surface area contributed by atoms with Crippen LogP contribution in [0.3, 0.4) is 0 Å². The Morgan fingerprint density at radius 3 is 2.13 bits per heavy atom. The van der Waals surface area contributed by atoms with E-state index in [1.165, 1.54) is 17.3 Å². The molecule has 5 atom stereocenters. The second-order valence-electron chi connectivity index (χ2n) is 11.9. The van der Waals surface area contributed by atoms with Crippen LogP contribution in [0.5, 0.6) is 0 Å². The van der Waals surface area contributed by atoms with Crippen LogP contribution in [0.15, 0.2) is 60.7 Å². The lowest BCUT2D eigenvalue weighted by molar-refractivity contribution is -0.148. The Labute approximate surface area is 233 Å². The van der Waals surface area contributed by atoms with Crippen LogP contribution in [0.1, 0.15) is 59.8 Å². The van der Waals surface area contributed by atoms with Crippen molar-refractivity contribution in [3.63, 3.8) is 0 Å². The Balaban J connectivity index is 1.25. The predicted octanol–water partition coefficient (Wildman–Crippen LogP) is 3.29. The third kappa shape index (κ3) is 6.80. The first kappa shape index (κ1) is 29.5. The zero-order chi connectivity index (χ0) is 28.0. The maximum Gasteiger partial charge on any atom is 0.302 e. The molecule has 0 spiro atoms. The van der Waals surface area contributed by atoms with Gasteiger partial charge in [-0.1, -0.05) is 81.4 Å². The summed E-state index contributed by atoms with van der Waals surface area (Å²) in [7, 11) is -2.54. The fraction of sp³-hybridized carbons (Fsp3) is 0.548. The van der Waals surface area contributed by atoms with Crippen LogP contribution in [0.25, 0.3) is 0 Å². The number of amides is 1. The summed E-state index contributed by atoms with van der Waals surface area (Å²) in [6, 6.07) is 20.7. The molecule has 0 aliphatic carbocycles. The van der Waals surface area contributed by atoms with Crippen molar-refractivity contribution in [1.82, 2.24) is 5.32 Å². The van der Waals surface area contributed by atoms with Gasteiger partial charge in [-0.25, -0.2) is 0 Å². The number of nitrogens with one attached hydrogen (secondary N) is 1. The maximum atomic E-state index is 12.7. The van der Waals surface area contributed by atoms with Crippen LogP contribution >= 0.6 is 0 Å². The number of carbonyl (C=O) groups is 2. The van der Waals surface area contributed by atoms with Crippen LogP contribution in [0, 0.1) is 5.92 Å². The molecule has 1 amide bonds. The molecule has 0 unspecified atom stereocenters. The van der Waals surface area contributed by atoms with Gasteiger partial charge in [-0.3, -0.25) is 9.59 Å². The lowest BCUT2D eigenvalue weighted by atomic mass is 9.83. The number of unbranched alkanes of at least 4 members (excludes halogenated alkanes) is 1. The molecule has 212 valence electrons. The van der Waals surface area contributed by atoms with Gasteiger partial charge in [0.15, 0.2) is 0 Å². The van der Waals surface area contributed by atoms with E-state index in [2.05, 4.69) is 74.6 Å². The Bertz CT molecular complexity index is 1050. The van der Waals surface area contributed by atoms with Gasteiger partial charge in [0.1, 0.15) is 6.10 Å². The highest BCUT2D eigenvalue weighted by atomic mass is 28.4. The van der Waals surface area contributed by atoms with E-state index < -0.39 is 14.4 Å². The zero-order valence-corrected chi connectivity index (χ0v) is 24.7. The smallest absolute Gasteiger partial charge is 0.302 e. The van der Waals surface area contributed by atoms with Crippen molar-refractivity contribution in [2.24, 2.45) is 11.7 Å². The number of ether oxygens (including phenoxy) is 2. The second-order valence-corrected chi connectivity index (χ2v) is 16.3. The standard InChI is InChI=1S/C31H44N2O5Si/c1-22(34)37-29-21-27-23(20-28(29)38-27)19-26(32)30(35)33-17-11-12-18-36-39(31(2,3)4,24-13-7-5-8-14-24)25-15-9-6-10-16-25/h5-10,13-16,23,26-29H,11-12,17-21,32H2,1-4H3,(H,33,35)/t23-,26+,27-,28-,29+/m1/s1. The molecule has 0 saturated carbocycles. The van der Waals surface area contributed by atoms with Crippen LogP contribution < -0.4 is 21.4 Å². The summed E-state index contributed by atoms with van der Waals surface area (Å²) < 4.78 is 18.2. The Kier molecular flexibility index (Phi) is 9.64. The summed E-state index contributed by atoms with van der Waals surface area (Å²) in [4.78, 5) is 23.9. The normalized spacial score (nSPS) is 23.4. The number of rotatable bonds is 12. The van der Waals surface area contributed by atoms with Crippen LogP contribution in [0.4, 0.5) is 0 Å². The third-order valence-electron chi connectivity index (χ3n) is 8.11. The van der Waals surface area contributed by atoms with Crippen LogP contribution in [-0.4, -0.2) is 57.7 Å². The van der Waals surface area contributed by atoms with Gasteiger partial charge in [0.05, 0.1) is 18.2 Å². The summed E-state index contributed by atoms with van der Waals surface area (Å²) in [5.74, 6) is -0.176. The molecule has 2 bridgehead atoms. The first-order valence-electron chi connectivity index (χ1n) is 14.2. The lowest BCUT2D eigenvalue weighted by Gasteiger charge is -2.43. The quantitative estimate of drug-likeness (QED) is 0.238. The van der Waals surface area contributed by atoms with E-state index in [4.69, 9.17) is 19.6 Å². The monoisotopic (exact) mass is 552 g/mol. The molecule has 4 rings (SSSR count). The van der Waals surface area contributed by atoms with E-state index in [1.807, 2.05) is 12.1 Å². The van der Waals surface area contributed by atoms with E-state index >= 15 is 0 Å². The van der Waals surface area contributed by atoms with Crippen molar-refractivity contribution in [3.8, 4) is 0 Å². The molecule has 2 aromatic rings. The number of esters is 1. The average molecular weight is 553 g/mol. The molecular weight excluding hydrogens is 508 g/mol. The van der Waals surface area contributed by atoms with Crippen LogP contribution in [-0.2, 0) is 23.5 Å². The van der Waals surface area contributed by atoms with Gasteiger partial charge in [-0.2, -0.15) is 0 Å². The SMILES string of the molecule is CC(=O)O[C@H]1C[C@H]2O[C@@H]1C[C@H]2C[C@H](N)C(=O)NCCCCO[Si](c1ccccc1)(c1ccccc1)C(C)(C)C. The zero-order valence-electron chi connectivity index (χ0n) is 23.7. The Hall–Kier alpha value is -2.52. The first-order valence-corrected chi connectivity index (χ1v) is 16.1. The lowest BCUT2D eigenvalue weighted by Crippen LogP contribution is -2.66. The Morgan fingerprint density at radius 1 is 1.00 bits per heavy atom. The van der Waals surface area contributed by atoms with Gasteiger partial charge in [-0.15, -0.1) is 0 Å². The largest absolute Gasteiger partial charge is 0.460 e. The molecule has 8 heteroatoms. The van der Waals surface area contributed by atoms with Gasteiger partial charge >= 0.3 is 5.97 Å². The van der Waals surface area contributed by atoms with Gasteiger partial charge < -0.3 is 25.0 Å². The molecule has 2 saturated heterocycles. The minimum absolute atomic E-state index is 0.0110. The first-order chi connectivity index (χ1) is 18.6. The topological polar surface area (TPSA) is 99.9 Å². The van der Waals surface area contributed by atoms with E-state index in [-0.39, 0.29) is 41.1 Å². The van der Waals surface area contributed by atoms with Crippen molar-refractivity contribution in [3.05, 3.63) is 60.7 Å². The highest BCUT2D eigenvalue weighted by Gasteiger charge is 2.50. The second kappa shape index (κ2) is 12.8. The van der Waals surface area contributed by atoms with Crippen molar-refractivity contribution < 1.29 is 23.5 Å². The van der Waals surface area contributed by atoms with E-state index in [0.29, 0.717) is 26.0 Å². The van der Waals surface area contributed by atoms with E-state index in [0.717, 1.165) is 19.3 Å². The summed E-state index contributed by atoms with van der Waals surface area (Å²) in [6.45, 7) is 9.44. The molecule has 0 aromatic heterocycles. The molecule has 0 radical (unpaired) electrons. The number of hydrogen-bond donors (Lipinski definition) is 2. The van der Waals surface area contributed by atoms with Crippen molar-refractivity contribution in [2.75, 3.05) is 13.2 Å². The van der Waals surface area contributed by atoms with Gasteiger partial charge in [0, 0.05) is 26.5 Å². The fourth-order valence-electron chi connectivity index (χ4n) is 6.28. The molecule has 2 aliphatic heterocycles. The molecule has 2 heterocycles. The summed E-state index contributed by atoms with van der Waals surface area (Å²) in [5, 5.41) is 5.49. The number of carbonyl (C=O) groups excluding carboxylic acids is 2. The van der Waals surface area contributed by atoms with Gasteiger partial charge in [0.25, 0.3) is 8.32 Å². The molecule has 2 aromatic carbocycles. The summed E-state index contributed by atoms with van der Waals surface area (Å²) in [6.07, 6.45) is 3.48. The van der Waals surface area contributed by atoms with Crippen molar-refractivity contribution >= 4 is 30.6 Å². The highest BCUT2D eigenvalue weighted by Crippen LogP contribution is 2.42. The number of nitrogens with two attached hydrogens (primary N) is 1. The van der Waals surface area contributed by atoms with Gasteiger partial charge in [-0.05, 0) is 47.0 Å². The molecule has 39 heavy (non-hydrogen) atoms. The molecular formula is C31H44N2O5Si. The summed E-state index contributed by atoms with van der Waals surface area (Å²) in [5.41, 5.74) is 6.25. The fourth-order valence-corrected chi connectivity index (χ4v) is 10.9. The Morgan fingerprint density at radius 2 is 1.62 bits per heavy atom. The molecule has 7 nitrogen and oxygen atoms in total. The average Bonchev–Trinajstić information content (AvgIpc) is 3.48. The molecule has 2 aliphatic rings. The number of benzene rings is 2. The van der Waals surface area contributed by atoms with Crippen molar-refractivity contribution in [1.29, 1.82) is 0 Å². The minimum Gasteiger partial charge on any atom is -0.460 e. The van der Waals surface area contributed by atoms with Gasteiger partial charge in [0.2, 0.25) is 5.91 Å². The third-order valence-corrected chi connectivity index (χ3v) is 13.1. The number of hydrogen-bond acceptors (Lipinski definition) is 6. The van der Waals surface area contributed by atoms with E-state index in [9.17, 15) is 9.59 Å². The number of fused-ring (bicyclic) bond motifs is 2.